The average molecular weight is 293 g/mol. The number of anilines is 1. The topological polar surface area (TPSA) is 73.8 Å². The van der Waals surface area contributed by atoms with Gasteiger partial charge in [0, 0.05) is 5.56 Å². The van der Waals surface area contributed by atoms with Gasteiger partial charge in [-0.25, -0.2) is 0 Å². The summed E-state index contributed by atoms with van der Waals surface area (Å²) in [7, 11) is 0. The quantitative estimate of drug-likeness (QED) is 0.498. The molecule has 0 atom stereocenters. The van der Waals surface area contributed by atoms with Crippen LogP contribution in [0.15, 0.2) is 53.6 Å². The van der Waals surface area contributed by atoms with Gasteiger partial charge in [0.15, 0.2) is 0 Å². The van der Waals surface area contributed by atoms with E-state index in [9.17, 15) is 9.90 Å². The van der Waals surface area contributed by atoms with Gasteiger partial charge >= 0.3 is 0 Å². The second-order valence-corrected chi connectivity index (χ2v) is 4.27. The van der Waals surface area contributed by atoms with Gasteiger partial charge in [-0.2, -0.15) is 5.10 Å². The normalized spacial score (nSPS) is 10.1. The molecule has 2 aromatic carbocycles. The lowest BCUT2D eigenvalue weighted by Gasteiger charge is -2.06. The molecule has 2 rings (SSSR count). The monoisotopic (exact) mass is 293 g/mol. The number of nitrogens with one attached hydrogen (secondary N) is 1. The van der Waals surface area contributed by atoms with Crippen LogP contribution >= 0.6 is 0 Å². The maximum absolute atomic E-state index is 10.6. The predicted molar refractivity (Wildman–Crippen MR) is 82.8 cm³/mol. The van der Waals surface area contributed by atoms with E-state index in [-0.39, 0.29) is 12.2 Å². The number of terminal acetylenes is 1. The van der Waals surface area contributed by atoms with Crippen LogP contribution in [0.1, 0.15) is 15.9 Å². The molecule has 0 aliphatic heterocycles. The summed E-state index contributed by atoms with van der Waals surface area (Å²) in [5.74, 6) is 1.83. The van der Waals surface area contributed by atoms with E-state index < -0.39 is 5.97 Å². The summed E-state index contributed by atoms with van der Waals surface area (Å²) in [6, 6.07) is 13.4. The van der Waals surface area contributed by atoms with Gasteiger partial charge in [-0.1, -0.05) is 30.2 Å². The Bertz CT molecular complexity index is 715. The first-order valence-corrected chi connectivity index (χ1v) is 6.46. The van der Waals surface area contributed by atoms with Gasteiger partial charge < -0.3 is 14.6 Å². The number of hydrogen-bond donors (Lipinski definition) is 1. The molecule has 5 nitrogen and oxygen atoms in total. The Morgan fingerprint density at radius 2 is 2.00 bits per heavy atom. The zero-order valence-corrected chi connectivity index (χ0v) is 11.7. The molecule has 0 heterocycles. The zero-order chi connectivity index (χ0) is 15.8. The van der Waals surface area contributed by atoms with Crippen molar-refractivity contribution in [3.05, 3.63) is 59.7 Å². The Morgan fingerprint density at radius 3 is 2.68 bits per heavy atom. The summed E-state index contributed by atoms with van der Waals surface area (Å²) in [6.07, 6.45) is 6.76. The van der Waals surface area contributed by atoms with Crippen LogP contribution in [0.25, 0.3) is 0 Å². The van der Waals surface area contributed by atoms with E-state index in [2.05, 4.69) is 16.4 Å². The molecule has 2 aromatic rings. The molecule has 0 spiro atoms. The van der Waals surface area contributed by atoms with Crippen molar-refractivity contribution in [2.45, 2.75) is 0 Å². The largest absolute Gasteiger partial charge is 0.545 e. The van der Waals surface area contributed by atoms with Gasteiger partial charge in [0.25, 0.3) is 0 Å². The Balaban J connectivity index is 2.03. The molecule has 5 heteroatoms. The van der Waals surface area contributed by atoms with E-state index in [1.54, 1.807) is 24.4 Å². The van der Waals surface area contributed by atoms with Crippen LogP contribution in [0, 0.1) is 12.3 Å². The summed E-state index contributed by atoms with van der Waals surface area (Å²) in [5, 5.41) is 14.7. The second kappa shape index (κ2) is 7.50. The van der Waals surface area contributed by atoms with Crippen LogP contribution in [-0.2, 0) is 0 Å². The maximum atomic E-state index is 10.6. The summed E-state index contributed by atoms with van der Waals surface area (Å²) < 4.78 is 5.40. The third-order valence-corrected chi connectivity index (χ3v) is 2.75. The molecule has 1 N–H and O–H groups in total. The van der Waals surface area contributed by atoms with Crippen molar-refractivity contribution in [1.82, 2.24) is 0 Å². The number of benzene rings is 2. The standard InChI is InChI=1S/C17H14N2O3/c1-2-11-22-16-6-4-3-5-14(16)12-18-19-15-9-7-13(8-10-15)17(20)21/h1,3-10,12,19H,11H2,(H,20,21)/p-1/b18-12-. The summed E-state index contributed by atoms with van der Waals surface area (Å²) in [6.45, 7) is 0.183. The summed E-state index contributed by atoms with van der Waals surface area (Å²) in [5.41, 5.74) is 4.35. The van der Waals surface area contributed by atoms with Gasteiger partial charge in [-0.05, 0) is 29.8 Å². The average Bonchev–Trinajstić information content (AvgIpc) is 2.54. The van der Waals surface area contributed by atoms with Gasteiger partial charge in [-0.15, -0.1) is 6.42 Å². The van der Waals surface area contributed by atoms with E-state index >= 15 is 0 Å². The first-order valence-electron chi connectivity index (χ1n) is 6.46. The first-order chi connectivity index (χ1) is 10.7. The van der Waals surface area contributed by atoms with Crippen molar-refractivity contribution < 1.29 is 14.6 Å². The van der Waals surface area contributed by atoms with Gasteiger partial charge in [0.2, 0.25) is 0 Å². The second-order valence-electron chi connectivity index (χ2n) is 4.27. The first kappa shape index (κ1) is 15.1. The fourth-order valence-electron chi connectivity index (χ4n) is 1.70. The minimum atomic E-state index is -1.21. The molecule has 22 heavy (non-hydrogen) atoms. The number of rotatable bonds is 6. The predicted octanol–water partition coefficient (Wildman–Crippen LogP) is 1.51. The fraction of sp³-hybridized carbons (Fsp3) is 0.0588. The molecule has 0 aliphatic rings. The lowest BCUT2D eigenvalue weighted by Crippen LogP contribution is -2.21. The number of carbonyl (C=O) groups is 1. The highest BCUT2D eigenvalue weighted by Gasteiger charge is 1.99. The van der Waals surface area contributed by atoms with Crippen LogP contribution in [-0.4, -0.2) is 18.8 Å². The Morgan fingerprint density at radius 1 is 1.27 bits per heavy atom. The Kier molecular flexibility index (Phi) is 5.16. The number of nitrogens with zero attached hydrogens (tertiary/aromatic N) is 1. The van der Waals surface area contributed by atoms with Gasteiger partial charge in [-0.3, -0.25) is 5.43 Å². The zero-order valence-electron chi connectivity index (χ0n) is 11.7. The maximum Gasteiger partial charge on any atom is 0.148 e. The fourth-order valence-corrected chi connectivity index (χ4v) is 1.70. The molecule has 0 radical (unpaired) electrons. The third-order valence-electron chi connectivity index (χ3n) is 2.75. The summed E-state index contributed by atoms with van der Waals surface area (Å²) in [4.78, 5) is 10.6. The van der Waals surface area contributed by atoms with E-state index in [0.29, 0.717) is 11.4 Å². The SMILES string of the molecule is C#CCOc1ccccc1/C=N\Nc1ccc(C(=O)[O-])cc1. The molecule has 0 amide bonds. The highest BCUT2D eigenvalue weighted by molar-refractivity contribution is 5.86. The van der Waals surface area contributed by atoms with Crippen LogP contribution in [0.4, 0.5) is 5.69 Å². The number of carboxylic acid groups (broad SMARTS) is 1. The Labute approximate surface area is 128 Å². The smallest absolute Gasteiger partial charge is 0.148 e. The van der Waals surface area contributed by atoms with Crippen molar-refractivity contribution >= 4 is 17.9 Å². The van der Waals surface area contributed by atoms with Crippen molar-refractivity contribution in [2.75, 3.05) is 12.0 Å². The molecule has 0 fully saturated rings. The van der Waals surface area contributed by atoms with E-state index in [1.165, 1.54) is 12.1 Å². The molecule has 0 aliphatic carbocycles. The molecule has 0 unspecified atom stereocenters. The molecule has 110 valence electrons. The lowest BCUT2D eigenvalue weighted by molar-refractivity contribution is -0.255. The number of aromatic carboxylic acids is 1. The molecular formula is C17H13N2O3-. The number of ether oxygens (including phenoxy) is 1. The van der Waals surface area contributed by atoms with E-state index in [1.807, 2.05) is 18.2 Å². The molecule has 0 saturated heterocycles. The van der Waals surface area contributed by atoms with Crippen LogP contribution < -0.4 is 15.3 Å². The van der Waals surface area contributed by atoms with Crippen molar-refractivity contribution in [2.24, 2.45) is 5.10 Å². The molecule has 0 aromatic heterocycles. The third kappa shape index (κ3) is 4.12. The minimum absolute atomic E-state index is 0.113. The van der Waals surface area contributed by atoms with Crippen molar-refractivity contribution in [1.29, 1.82) is 0 Å². The van der Waals surface area contributed by atoms with Gasteiger partial charge in [0.05, 0.1) is 17.9 Å². The van der Waals surface area contributed by atoms with E-state index in [4.69, 9.17) is 11.2 Å². The number of para-hydroxylation sites is 1. The minimum Gasteiger partial charge on any atom is -0.545 e. The highest BCUT2D eigenvalue weighted by Crippen LogP contribution is 2.16. The number of carboxylic acids is 1. The molecule has 0 saturated carbocycles. The molecule has 0 bridgehead atoms. The number of hydrazone groups is 1. The van der Waals surface area contributed by atoms with Crippen LogP contribution in [0.3, 0.4) is 0 Å². The van der Waals surface area contributed by atoms with Crippen molar-refractivity contribution in [3.63, 3.8) is 0 Å². The molecular weight excluding hydrogens is 280 g/mol. The van der Waals surface area contributed by atoms with Crippen molar-refractivity contribution in [3.8, 4) is 18.1 Å². The number of carbonyl (C=O) groups excluding carboxylic acids is 1. The van der Waals surface area contributed by atoms with Crippen LogP contribution in [0.2, 0.25) is 0 Å². The van der Waals surface area contributed by atoms with Crippen LogP contribution in [0.5, 0.6) is 5.75 Å². The number of hydrogen-bond acceptors (Lipinski definition) is 5. The summed E-state index contributed by atoms with van der Waals surface area (Å²) >= 11 is 0. The van der Waals surface area contributed by atoms with Gasteiger partial charge in [0.1, 0.15) is 12.4 Å². The highest BCUT2D eigenvalue weighted by atomic mass is 16.5. The lowest BCUT2D eigenvalue weighted by atomic mass is 10.2. The Hall–Kier alpha value is -3.26. The van der Waals surface area contributed by atoms with E-state index in [0.717, 1.165) is 5.56 Å².